The van der Waals surface area contributed by atoms with E-state index in [2.05, 4.69) is 20.8 Å². The summed E-state index contributed by atoms with van der Waals surface area (Å²) >= 11 is 0. The highest BCUT2D eigenvalue weighted by atomic mass is 16.1. The van der Waals surface area contributed by atoms with Crippen LogP contribution in [0.4, 0.5) is 0 Å². The maximum absolute atomic E-state index is 11.5. The number of hydrogen-bond donors (Lipinski definition) is 0. The molecule has 0 aliphatic heterocycles. The normalized spacial score (nSPS) is 10.9. The Morgan fingerprint density at radius 3 is 2.07 bits per heavy atom. The number of carbonyl (C=O) groups is 1. The summed E-state index contributed by atoms with van der Waals surface area (Å²) in [4.78, 5) is 11.5. The molecule has 0 spiro atoms. The smallest absolute Gasteiger partial charge is 0.132 e. The average Bonchev–Trinajstić information content (AvgIpc) is 2.19. The summed E-state index contributed by atoms with van der Waals surface area (Å²) in [5.74, 6) is 1.26. The van der Waals surface area contributed by atoms with Crippen LogP contribution in [0, 0.1) is 5.92 Å². The van der Waals surface area contributed by atoms with Crippen LogP contribution in [-0.2, 0) is 4.79 Å². The molecular weight excluding hydrogens is 184 g/mol. The SMILES string of the molecule is CCCCCCC(=O)CCCCC(C)C. The molecule has 0 fully saturated rings. The van der Waals surface area contributed by atoms with Gasteiger partial charge in [-0.3, -0.25) is 4.79 Å². The second kappa shape index (κ2) is 10.2. The minimum atomic E-state index is 0.481. The number of hydrogen-bond acceptors (Lipinski definition) is 1. The van der Waals surface area contributed by atoms with Gasteiger partial charge in [0.1, 0.15) is 5.78 Å². The van der Waals surface area contributed by atoms with Crippen molar-refractivity contribution in [2.45, 2.75) is 78.6 Å². The van der Waals surface area contributed by atoms with E-state index in [0.29, 0.717) is 5.78 Å². The molecule has 0 aromatic rings. The van der Waals surface area contributed by atoms with E-state index in [1.54, 1.807) is 0 Å². The maximum atomic E-state index is 11.5. The summed E-state index contributed by atoms with van der Waals surface area (Å²) in [7, 11) is 0. The molecule has 1 nitrogen and oxygen atoms in total. The molecule has 90 valence electrons. The van der Waals surface area contributed by atoms with Gasteiger partial charge in [0.05, 0.1) is 0 Å². The summed E-state index contributed by atoms with van der Waals surface area (Å²) < 4.78 is 0. The molecule has 0 saturated carbocycles. The fourth-order valence-corrected chi connectivity index (χ4v) is 1.75. The molecule has 1 heteroatoms. The predicted molar refractivity (Wildman–Crippen MR) is 67.1 cm³/mol. The Balaban J connectivity index is 3.19. The number of carbonyl (C=O) groups excluding carboxylic acids is 1. The van der Waals surface area contributed by atoms with Crippen molar-refractivity contribution in [2.24, 2.45) is 5.92 Å². The molecule has 0 amide bonds. The fourth-order valence-electron chi connectivity index (χ4n) is 1.75. The van der Waals surface area contributed by atoms with E-state index < -0.39 is 0 Å². The van der Waals surface area contributed by atoms with Crippen molar-refractivity contribution in [3.05, 3.63) is 0 Å². The van der Waals surface area contributed by atoms with Gasteiger partial charge in [-0.25, -0.2) is 0 Å². The monoisotopic (exact) mass is 212 g/mol. The molecule has 0 heterocycles. The zero-order valence-electron chi connectivity index (χ0n) is 10.8. The molecule has 0 atom stereocenters. The highest BCUT2D eigenvalue weighted by Gasteiger charge is 2.02. The molecule has 0 aliphatic carbocycles. The van der Waals surface area contributed by atoms with E-state index in [-0.39, 0.29) is 0 Å². The van der Waals surface area contributed by atoms with Gasteiger partial charge < -0.3 is 0 Å². The van der Waals surface area contributed by atoms with Gasteiger partial charge in [-0.15, -0.1) is 0 Å². The summed E-state index contributed by atoms with van der Waals surface area (Å²) in [6.45, 7) is 6.69. The Morgan fingerprint density at radius 2 is 1.53 bits per heavy atom. The van der Waals surface area contributed by atoms with E-state index in [1.807, 2.05) is 0 Å². The largest absolute Gasteiger partial charge is 0.300 e. The molecule has 0 aromatic heterocycles. The van der Waals surface area contributed by atoms with Gasteiger partial charge in [-0.05, 0) is 18.8 Å². The quantitative estimate of drug-likeness (QED) is 0.478. The number of ketones is 1. The van der Waals surface area contributed by atoms with Crippen molar-refractivity contribution < 1.29 is 4.79 Å². The van der Waals surface area contributed by atoms with Crippen molar-refractivity contribution in [3.8, 4) is 0 Å². The second-order valence-electron chi connectivity index (χ2n) is 4.99. The first-order valence-corrected chi connectivity index (χ1v) is 6.68. The van der Waals surface area contributed by atoms with E-state index in [0.717, 1.165) is 31.6 Å². The van der Waals surface area contributed by atoms with Crippen LogP contribution in [0.2, 0.25) is 0 Å². The Bertz CT molecular complexity index is 149. The lowest BCUT2D eigenvalue weighted by Crippen LogP contribution is -1.98. The topological polar surface area (TPSA) is 17.1 Å². The predicted octanol–water partition coefficient (Wildman–Crippen LogP) is 4.74. The first kappa shape index (κ1) is 14.7. The Labute approximate surface area is 95.6 Å². The standard InChI is InChI=1S/C14H28O/c1-4-5-6-7-11-14(15)12-9-8-10-13(2)3/h13H,4-12H2,1-3H3. The van der Waals surface area contributed by atoms with Gasteiger partial charge in [0, 0.05) is 12.8 Å². The van der Waals surface area contributed by atoms with E-state index in [4.69, 9.17) is 0 Å². The minimum absolute atomic E-state index is 0.481. The molecule has 0 aliphatic rings. The van der Waals surface area contributed by atoms with Crippen molar-refractivity contribution in [1.82, 2.24) is 0 Å². The molecule has 0 unspecified atom stereocenters. The zero-order chi connectivity index (χ0) is 11.5. The molecular formula is C14H28O. The van der Waals surface area contributed by atoms with E-state index in [1.165, 1.54) is 32.1 Å². The third-order valence-electron chi connectivity index (χ3n) is 2.80. The third-order valence-corrected chi connectivity index (χ3v) is 2.80. The molecule has 0 radical (unpaired) electrons. The summed E-state index contributed by atoms with van der Waals surface area (Å²) in [6, 6.07) is 0. The number of unbranched alkanes of at least 4 members (excludes halogenated alkanes) is 4. The second-order valence-corrected chi connectivity index (χ2v) is 4.99. The van der Waals surface area contributed by atoms with Gasteiger partial charge in [0.25, 0.3) is 0 Å². The Morgan fingerprint density at radius 1 is 0.933 bits per heavy atom. The van der Waals surface area contributed by atoms with Crippen molar-refractivity contribution in [3.63, 3.8) is 0 Å². The van der Waals surface area contributed by atoms with E-state index in [9.17, 15) is 4.79 Å². The summed E-state index contributed by atoms with van der Waals surface area (Å²) in [5, 5.41) is 0. The van der Waals surface area contributed by atoms with Crippen LogP contribution >= 0.6 is 0 Å². The first-order valence-electron chi connectivity index (χ1n) is 6.68. The fraction of sp³-hybridized carbons (Fsp3) is 0.929. The average molecular weight is 212 g/mol. The Hall–Kier alpha value is -0.330. The van der Waals surface area contributed by atoms with Crippen LogP contribution in [0.15, 0.2) is 0 Å². The summed E-state index contributed by atoms with van der Waals surface area (Å²) in [6.07, 6.45) is 10.1. The van der Waals surface area contributed by atoms with Crippen LogP contribution in [0.3, 0.4) is 0 Å². The number of Topliss-reactive ketones (excluding diaryl/α,β-unsaturated/α-hetero) is 1. The van der Waals surface area contributed by atoms with Crippen LogP contribution < -0.4 is 0 Å². The molecule has 0 N–H and O–H groups in total. The molecule has 15 heavy (non-hydrogen) atoms. The molecule has 0 aromatic carbocycles. The molecule has 0 rings (SSSR count). The van der Waals surface area contributed by atoms with Crippen LogP contribution in [0.1, 0.15) is 78.6 Å². The molecule has 0 saturated heterocycles. The number of rotatable bonds is 10. The van der Waals surface area contributed by atoms with Gasteiger partial charge in [-0.2, -0.15) is 0 Å². The highest BCUT2D eigenvalue weighted by Crippen LogP contribution is 2.10. The van der Waals surface area contributed by atoms with Gasteiger partial charge in [0.15, 0.2) is 0 Å². The van der Waals surface area contributed by atoms with Crippen LogP contribution in [0.5, 0.6) is 0 Å². The lowest BCUT2D eigenvalue weighted by Gasteiger charge is -2.04. The maximum Gasteiger partial charge on any atom is 0.132 e. The van der Waals surface area contributed by atoms with Crippen molar-refractivity contribution in [1.29, 1.82) is 0 Å². The Kier molecular flexibility index (Phi) is 9.97. The lowest BCUT2D eigenvalue weighted by molar-refractivity contribution is -0.119. The van der Waals surface area contributed by atoms with Crippen LogP contribution in [-0.4, -0.2) is 5.78 Å². The first-order chi connectivity index (χ1) is 7.16. The summed E-state index contributed by atoms with van der Waals surface area (Å²) in [5.41, 5.74) is 0. The van der Waals surface area contributed by atoms with E-state index >= 15 is 0 Å². The van der Waals surface area contributed by atoms with Gasteiger partial charge >= 0.3 is 0 Å². The van der Waals surface area contributed by atoms with Crippen molar-refractivity contribution in [2.75, 3.05) is 0 Å². The third kappa shape index (κ3) is 11.6. The van der Waals surface area contributed by atoms with Crippen LogP contribution in [0.25, 0.3) is 0 Å². The minimum Gasteiger partial charge on any atom is -0.300 e. The molecule has 0 bridgehead atoms. The zero-order valence-corrected chi connectivity index (χ0v) is 10.8. The van der Waals surface area contributed by atoms with Gasteiger partial charge in [0.2, 0.25) is 0 Å². The lowest BCUT2D eigenvalue weighted by atomic mass is 10.0. The van der Waals surface area contributed by atoms with Gasteiger partial charge in [-0.1, -0.05) is 52.9 Å². The highest BCUT2D eigenvalue weighted by molar-refractivity contribution is 5.78. The van der Waals surface area contributed by atoms with Crippen molar-refractivity contribution >= 4 is 5.78 Å².